The molecule has 0 aliphatic carbocycles. The molecule has 9 nitrogen and oxygen atoms in total. The standard InChI is InChI=1S/C20H31NO8/c1-17(2,3)28-13(22)11-12(14(23)29-18(4,5)6)20(16(25)27-8)10-9-19(11,21-20)15(24)26-7/h11-12,21H,9-10H2,1-8H3/t11-,12+,19-,20+. The van der Waals surface area contributed by atoms with Crippen molar-refractivity contribution in [3.63, 3.8) is 0 Å². The molecule has 0 unspecified atom stereocenters. The largest absolute Gasteiger partial charge is 0.468 e. The number of carbonyl (C=O) groups excluding carboxylic acids is 4. The molecule has 2 rings (SSSR count). The fourth-order valence-electron chi connectivity index (χ4n) is 4.28. The van der Waals surface area contributed by atoms with Crippen LogP contribution in [0.2, 0.25) is 0 Å². The maximum Gasteiger partial charge on any atom is 0.327 e. The minimum Gasteiger partial charge on any atom is -0.468 e. The lowest BCUT2D eigenvalue weighted by atomic mass is 9.66. The predicted molar refractivity (Wildman–Crippen MR) is 101 cm³/mol. The van der Waals surface area contributed by atoms with Gasteiger partial charge >= 0.3 is 23.9 Å². The summed E-state index contributed by atoms with van der Waals surface area (Å²) in [5, 5.41) is 2.94. The predicted octanol–water partition coefficient (Wildman–Crippen LogP) is 1.12. The van der Waals surface area contributed by atoms with Gasteiger partial charge in [0.1, 0.15) is 34.1 Å². The SMILES string of the molecule is COC(=O)[C@]12CC[C@](C(=O)OC)(N1)[C@H](C(=O)OC(C)(C)C)[C@@H]2C(=O)OC(C)(C)C. The lowest BCUT2D eigenvalue weighted by Crippen LogP contribution is -2.56. The first-order valence-electron chi connectivity index (χ1n) is 9.55. The van der Waals surface area contributed by atoms with E-state index < -0.39 is 58.0 Å². The topological polar surface area (TPSA) is 117 Å². The molecule has 0 amide bonds. The number of hydrogen-bond donors (Lipinski definition) is 1. The van der Waals surface area contributed by atoms with Crippen molar-refractivity contribution in [3.8, 4) is 0 Å². The monoisotopic (exact) mass is 413 g/mol. The van der Waals surface area contributed by atoms with Crippen molar-refractivity contribution in [2.45, 2.75) is 76.7 Å². The first-order valence-corrected chi connectivity index (χ1v) is 9.55. The third kappa shape index (κ3) is 3.97. The van der Waals surface area contributed by atoms with Gasteiger partial charge in [0.15, 0.2) is 0 Å². The zero-order valence-corrected chi connectivity index (χ0v) is 18.3. The molecule has 4 atom stereocenters. The van der Waals surface area contributed by atoms with Gasteiger partial charge in [0.05, 0.1) is 14.2 Å². The fourth-order valence-corrected chi connectivity index (χ4v) is 4.28. The van der Waals surface area contributed by atoms with E-state index in [0.29, 0.717) is 0 Å². The molecule has 9 heteroatoms. The first-order chi connectivity index (χ1) is 13.1. The van der Waals surface area contributed by atoms with E-state index in [1.54, 1.807) is 41.5 Å². The van der Waals surface area contributed by atoms with Crippen molar-refractivity contribution >= 4 is 23.9 Å². The van der Waals surface area contributed by atoms with Crippen molar-refractivity contribution in [2.75, 3.05) is 14.2 Å². The van der Waals surface area contributed by atoms with Crippen molar-refractivity contribution in [3.05, 3.63) is 0 Å². The van der Waals surface area contributed by atoms with Gasteiger partial charge < -0.3 is 18.9 Å². The van der Waals surface area contributed by atoms with Crippen LogP contribution >= 0.6 is 0 Å². The van der Waals surface area contributed by atoms with Crippen molar-refractivity contribution in [1.82, 2.24) is 5.32 Å². The number of esters is 4. The average Bonchev–Trinajstić information content (AvgIpc) is 3.11. The van der Waals surface area contributed by atoms with E-state index in [1.807, 2.05) is 0 Å². The second-order valence-electron chi connectivity index (χ2n) is 9.57. The van der Waals surface area contributed by atoms with E-state index in [1.165, 1.54) is 14.2 Å². The molecule has 2 aliphatic heterocycles. The smallest absolute Gasteiger partial charge is 0.327 e. The normalized spacial score (nSPS) is 31.2. The molecule has 2 heterocycles. The summed E-state index contributed by atoms with van der Waals surface area (Å²) < 4.78 is 20.9. The Morgan fingerprint density at radius 3 is 1.28 bits per heavy atom. The number of methoxy groups -OCH3 is 2. The van der Waals surface area contributed by atoms with Crippen molar-refractivity contribution < 1.29 is 38.1 Å². The Morgan fingerprint density at radius 1 is 0.724 bits per heavy atom. The van der Waals surface area contributed by atoms with Crippen LogP contribution in [-0.2, 0) is 38.1 Å². The molecule has 0 aromatic carbocycles. The number of carbonyl (C=O) groups is 4. The molecule has 0 aromatic heterocycles. The molecule has 0 radical (unpaired) electrons. The van der Waals surface area contributed by atoms with E-state index in [2.05, 4.69) is 5.32 Å². The Labute approximate surface area is 170 Å². The first kappa shape index (κ1) is 23.1. The van der Waals surface area contributed by atoms with Gasteiger partial charge in [-0.1, -0.05) is 0 Å². The summed E-state index contributed by atoms with van der Waals surface area (Å²) in [6, 6.07) is 0. The minimum absolute atomic E-state index is 0.109. The highest BCUT2D eigenvalue weighted by molar-refractivity contribution is 6.01. The number of ether oxygens (including phenoxy) is 4. The Bertz CT molecular complexity index is 659. The maximum atomic E-state index is 13.2. The average molecular weight is 413 g/mol. The summed E-state index contributed by atoms with van der Waals surface area (Å²) in [6.07, 6.45) is 0.218. The molecule has 1 N–H and O–H groups in total. The zero-order valence-electron chi connectivity index (χ0n) is 18.3. The Hall–Kier alpha value is -2.16. The second-order valence-corrected chi connectivity index (χ2v) is 9.57. The molecule has 2 bridgehead atoms. The highest BCUT2D eigenvalue weighted by Crippen LogP contribution is 2.55. The summed E-state index contributed by atoms with van der Waals surface area (Å²) in [4.78, 5) is 51.9. The molecule has 2 saturated heterocycles. The van der Waals surface area contributed by atoms with Crippen LogP contribution < -0.4 is 5.32 Å². The van der Waals surface area contributed by atoms with Gasteiger partial charge in [-0.25, -0.2) is 0 Å². The molecule has 0 aromatic rings. The lowest BCUT2D eigenvalue weighted by molar-refractivity contribution is -0.181. The highest BCUT2D eigenvalue weighted by atomic mass is 16.6. The van der Waals surface area contributed by atoms with Crippen LogP contribution in [0.5, 0.6) is 0 Å². The van der Waals surface area contributed by atoms with Crippen LogP contribution in [0.4, 0.5) is 0 Å². The minimum atomic E-state index is -1.59. The quantitative estimate of drug-likeness (QED) is 0.534. The number of rotatable bonds is 4. The molecule has 29 heavy (non-hydrogen) atoms. The summed E-state index contributed by atoms with van der Waals surface area (Å²) in [5.74, 6) is -5.67. The van der Waals surface area contributed by atoms with Crippen LogP contribution in [0.25, 0.3) is 0 Å². The van der Waals surface area contributed by atoms with Gasteiger partial charge in [-0.2, -0.15) is 0 Å². The van der Waals surface area contributed by atoms with Gasteiger partial charge in [-0.15, -0.1) is 0 Å². The van der Waals surface area contributed by atoms with Crippen LogP contribution in [0.15, 0.2) is 0 Å². The van der Waals surface area contributed by atoms with Crippen LogP contribution in [0.1, 0.15) is 54.4 Å². The summed E-state index contributed by atoms with van der Waals surface area (Å²) in [5.41, 5.74) is -4.92. The van der Waals surface area contributed by atoms with E-state index in [4.69, 9.17) is 18.9 Å². The molecular formula is C20H31NO8. The lowest BCUT2D eigenvalue weighted by Gasteiger charge is -2.37. The highest BCUT2D eigenvalue weighted by Gasteiger charge is 2.77. The zero-order chi connectivity index (χ0) is 22.4. The fraction of sp³-hybridized carbons (Fsp3) is 0.800. The van der Waals surface area contributed by atoms with E-state index in [-0.39, 0.29) is 12.8 Å². The molecular weight excluding hydrogens is 382 g/mol. The van der Waals surface area contributed by atoms with E-state index in [9.17, 15) is 19.2 Å². The van der Waals surface area contributed by atoms with Crippen LogP contribution in [0.3, 0.4) is 0 Å². The van der Waals surface area contributed by atoms with Gasteiger partial charge in [0.2, 0.25) is 0 Å². The molecule has 164 valence electrons. The van der Waals surface area contributed by atoms with Crippen molar-refractivity contribution in [2.24, 2.45) is 11.8 Å². The summed E-state index contributed by atoms with van der Waals surface area (Å²) in [7, 11) is 2.37. The number of hydrogen-bond acceptors (Lipinski definition) is 9. The molecule has 0 spiro atoms. The Kier molecular flexibility index (Phi) is 5.79. The van der Waals surface area contributed by atoms with Crippen LogP contribution in [0, 0.1) is 11.8 Å². The van der Waals surface area contributed by atoms with Crippen LogP contribution in [-0.4, -0.2) is 60.4 Å². The molecule has 2 aliphatic rings. The number of nitrogens with one attached hydrogen (secondary N) is 1. The van der Waals surface area contributed by atoms with Gasteiger partial charge in [0.25, 0.3) is 0 Å². The van der Waals surface area contributed by atoms with E-state index >= 15 is 0 Å². The van der Waals surface area contributed by atoms with Gasteiger partial charge in [-0.05, 0) is 54.4 Å². The Morgan fingerprint density at radius 2 is 1.03 bits per heavy atom. The Balaban J connectivity index is 2.64. The van der Waals surface area contributed by atoms with Gasteiger partial charge in [-0.3, -0.25) is 24.5 Å². The molecule has 0 saturated carbocycles. The number of fused-ring (bicyclic) bond motifs is 2. The van der Waals surface area contributed by atoms with E-state index in [0.717, 1.165) is 0 Å². The second kappa shape index (κ2) is 7.27. The molecule has 2 fully saturated rings. The van der Waals surface area contributed by atoms with Crippen molar-refractivity contribution in [1.29, 1.82) is 0 Å². The summed E-state index contributed by atoms with van der Waals surface area (Å²) >= 11 is 0. The summed E-state index contributed by atoms with van der Waals surface area (Å²) in [6.45, 7) is 10.1. The maximum absolute atomic E-state index is 13.2. The third-order valence-electron chi connectivity index (χ3n) is 5.18. The third-order valence-corrected chi connectivity index (χ3v) is 5.18. The van der Waals surface area contributed by atoms with Gasteiger partial charge in [0, 0.05) is 0 Å².